The topological polar surface area (TPSA) is 8.17 Å². The maximum atomic E-state index is 2.43. The third-order valence-electron chi connectivity index (χ3n) is 12.1. The fraction of sp³-hybridized carbons (Fsp3) is 0.111. The molecule has 1 aliphatic carbocycles. The molecule has 8 aromatic carbocycles. The van der Waals surface area contributed by atoms with Gasteiger partial charge in [0.2, 0.25) is 0 Å². The van der Waals surface area contributed by atoms with Crippen LogP contribution in [0.5, 0.6) is 0 Å². The lowest BCUT2D eigenvalue weighted by Crippen LogP contribution is -2.30. The molecule has 270 valence electrons. The first-order chi connectivity index (χ1) is 27.8. The van der Waals surface area contributed by atoms with Crippen molar-refractivity contribution < 1.29 is 0 Å². The average Bonchev–Trinajstić information content (AvgIpc) is 3.62. The number of fused-ring (bicyclic) bond motifs is 3. The van der Waals surface area contributed by atoms with Gasteiger partial charge in [-0.25, -0.2) is 0 Å². The van der Waals surface area contributed by atoms with Gasteiger partial charge in [-0.15, -0.1) is 0 Å². The third kappa shape index (κ3) is 5.99. The van der Waals surface area contributed by atoms with Crippen LogP contribution in [-0.4, -0.2) is 4.57 Å². The van der Waals surface area contributed by atoms with Gasteiger partial charge in [0.25, 0.3) is 0 Å². The summed E-state index contributed by atoms with van der Waals surface area (Å²) in [5, 5.41) is 2.53. The van der Waals surface area contributed by atoms with E-state index in [1.54, 1.807) is 0 Å². The van der Waals surface area contributed by atoms with Gasteiger partial charge in [0.05, 0.1) is 16.7 Å². The highest BCUT2D eigenvalue weighted by Crippen LogP contribution is 2.47. The van der Waals surface area contributed by atoms with E-state index < -0.39 is 0 Å². The van der Waals surface area contributed by atoms with Crippen LogP contribution in [0.25, 0.3) is 49.7 Å². The predicted octanol–water partition coefficient (Wildman–Crippen LogP) is 14.8. The van der Waals surface area contributed by atoms with E-state index in [0.29, 0.717) is 0 Å². The quantitative estimate of drug-likeness (QED) is 0.152. The van der Waals surface area contributed by atoms with E-state index in [-0.39, 0.29) is 5.41 Å². The Morgan fingerprint density at radius 2 is 0.946 bits per heavy atom. The van der Waals surface area contributed by atoms with E-state index in [4.69, 9.17) is 0 Å². The fourth-order valence-electron chi connectivity index (χ4n) is 9.35. The zero-order valence-corrected chi connectivity index (χ0v) is 31.6. The molecule has 1 heterocycles. The zero-order chi connectivity index (χ0) is 37.3. The Morgan fingerprint density at radius 3 is 1.68 bits per heavy atom. The molecule has 2 nitrogen and oxygen atoms in total. The number of hydrogen-bond acceptors (Lipinski definition) is 1. The number of aromatic nitrogens is 1. The Kier molecular flexibility index (Phi) is 8.80. The molecule has 9 aromatic rings. The fourth-order valence-corrected chi connectivity index (χ4v) is 9.35. The number of benzene rings is 8. The Balaban J connectivity index is 1.08. The largest absolute Gasteiger partial charge is 0.310 e. The van der Waals surface area contributed by atoms with Gasteiger partial charge < -0.3 is 9.47 Å². The Hall–Kier alpha value is -6.64. The van der Waals surface area contributed by atoms with Gasteiger partial charge in [-0.2, -0.15) is 0 Å². The first-order valence-corrected chi connectivity index (χ1v) is 20.1. The highest BCUT2D eigenvalue weighted by Gasteiger charge is 2.35. The van der Waals surface area contributed by atoms with Gasteiger partial charge in [0.1, 0.15) is 0 Å². The molecule has 0 bridgehead atoms. The second kappa shape index (κ2) is 14.5. The van der Waals surface area contributed by atoms with Gasteiger partial charge in [-0.3, -0.25) is 0 Å². The Morgan fingerprint density at radius 1 is 0.393 bits per heavy atom. The third-order valence-corrected chi connectivity index (χ3v) is 12.1. The molecule has 56 heavy (non-hydrogen) atoms. The monoisotopic (exact) mass is 720 g/mol. The van der Waals surface area contributed by atoms with Gasteiger partial charge >= 0.3 is 0 Å². The van der Waals surface area contributed by atoms with E-state index >= 15 is 0 Å². The van der Waals surface area contributed by atoms with Crippen molar-refractivity contribution in [2.24, 2.45) is 0 Å². The van der Waals surface area contributed by atoms with Crippen molar-refractivity contribution in [3.05, 3.63) is 217 Å². The van der Waals surface area contributed by atoms with Crippen molar-refractivity contribution in [3.8, 4) is 27.9 Å². The van der Waals surface area contributed by atoms with E-state index in [9.17, 15) is 0 Å². The molecular formula is C54H44N2. The molecule has 0 radical (unpaired) electrons. The van der Waals surface area contributed by atoms with Crippen molar-refractivity contribution in [2.75, 3.05) is 4.90 Å². The summed E-state index contributed by atoms with van der Waals surface area (Å²) < 4.78 is 2.39. The second-order valence-electron chi connectivity index (χ2n) is 15.2. The summed E-state index contributed by atoms with van der Waals surface area (Å²) in [5.74, 6) is 0. The van der Waals surface area contributed by atoms with Crippen molar-refractivity contribution >= 4 is 38.9 Å². The van der Waals surface area contributed by atoms with E-state index in [1.165, 1.54) is 93.0 Å². The van der Waals surface area contributed by atoms with Crippen molar-refractivity contribution in [1.29, 1.82) is 0 Å². The zero-order valence-electron chi connectivity index (χ0n) is 31.6. The lowest BCUT2D eigenvalue weighted by Gasteiger charge is -2.39. The highest BCUT2D eigenvalue weighted by molar-refractivity contribution is 6.10. The lowest BCUT2D eigenvalue weighted by atomic mass is 9.65. The SMILES string of the molecule is c1ccc(-c2ccccc2N(c2ccc(-c3ccc4c5ccccc5n(-c5ccccc5)c4c3)cc2)c2ccc(C3(c4ccccc4)CCCCC3)cc2)cc1. The number of para-hydroxylation sites is 3. The maximum Gasteiger partial charge on any atom is 0.0547 e. The molecule has 2 heteroatoms. The van der Waals surface area contributed by atoms with Crippen molar-refractivity contribution in [3.63, 3.8) is 0 Å². The van der Waals surface area contributed by atoms with Crippen LogP contribution in [-0.2, 0) is 5.41 Å². The number of hydrogen-bond donors (Lipinski definition) is 0. The second-order valence-corrected chi connectivity index (χ2v) is 15.2. The van der Waals surface area contributed by atoms with Gasteiger partial charge in [0, 0.05) is 38.8 Å². The van der Waals surface area contributed by atoms with Gasteiger partial charge in [-0.05, 0) is 95.3 Å². The summed E-state index contributed by atoms with van der Waals surface area (Å²) in [5.41, 5.74) is 14.7. The van der Waals surface area contributed by atoms with Crippen LogP contribution in [0, 0.1) is 0 Å². The van der Waals surface area contributed by atoms with Crippen molar-refractivity contribution in [1.82, 2.24) is 4.57 Å². The Labute approximate surface area is 330 Å². The normalized spacial score (nSPS) is 13.9. The van der Waals surface area contributed by atoms with Crippen LogP contribution in [0.3, 0.4) is 0 Å². The molecule has 1 aliphatic rings. The standard InChI is InChI=1S/C54H44N2/c1-5-17-41(18-6-1)48-23-11-13-25-51(48)55(47-34-30-44(31-35-47)54(37-15-4-16-38-54)43-19-7-2-8-20-43)46-32-27-40(28-33-46)42-29-36-50-49-24-12-14-26-52(49)56(53(50)39-42)45-21-9-3-10-22-45/h1-3,5-14,17-36,39H,4,15-16,37-38H2. The minimum absolute atomic E-state index is 0.0553. The number of rotatable bonds is 8. The minimum Gasteiger partial charge on any atom is -0.310 e. The molecule has 0 unspecified atom stereocenters. The predicted molar refractivity (Wildman–Crippen MR) is 237 cm³/mol. The molecule has 0 aliphatic heterocycles. The first kappa shape index (κ1) is 33.9. The molecule has 0 atom stereocenters. The molecule has 1 fully saturated rings. The average molecular weight is 721 g/mol. The lowest BCUT2D eigenvalue weighted by molar-refractivity contribution is 0.346. The van der Waals surface area contributed by atoms with Crippen LogP contribution in [0.2, 0.25) is 0 Å². The number of anilines is 3. The molecule has 0 amide bonds. The molecule has 0 saturated heterocycles. The first-order valence-electron chi connectivity index (χ1n) is 20.1. The summed E-state index contributed by atoms with van der Waals surface area (Å²) in [4.78, 5) is 2.43. The molecule has 1 aromatic heterocycles. The minimum atomic E-state index is 0.0553. The highest BCUT2D eigenvalue weighted by atomic mass is 15.1. The van der Waals surface area contributed by atoms with Gasteiger partial charge in [0.15, 0.2) is 0 Å². The molecule has 10 rings (SSSR count). The molecule has 1 saturated carbocycles. The number of nitrogens with zero attached hydrogens (tertiary/aromatic N) is 2. The summed E-state index contributed by atoms with van der Waals surface area (Å²) in [6, 6.07) is 75.8. The summed E-state index contributed by atoms with van der Waals surface area (Å²) in [6.45, 7) is 0. The van der Waals surface area contributed by atoms with E-state index in [0.717, 1.165) is 17.1 Å². The molecule has 0 spiro atoms. The van der Waals surface area contributed by atoms with Crippen LogP contribution in [0.4, 0.5) is 17.1 Å². The smallest absolute Gasteiger partial charge is 0.0547 e. The maximum absolute atomic E-state index is 2.43. The van der Waals surface area contributed by atoms with E-state index in [1.807, 2.05) is 0 Å². The molecular weight excluding hydrogens is 677 g/mol. The summed E-state index contributed by atoms with van der Waals surface area (Å²) >= 11 is 0. The van der Waals surface area contributed by atoms with Crippen molar-refractivity contribution in [2.45, 2.75) is 37.5 Å². The summed E-state index contributed by atoms with van der Waals surface area (Å²) in [6.07, 6.45) is 6.23. The van der Waals surface area contributed by atoms with Crippen LogP contribution >= 0.6 is 0 Å². The molecule has 0 N–H and O–H groups in total. The van der Waals surface area contributed by atoms with Crippen LogP contribution in [0.1, 0.15) is 43.2 Å². The van der Waals surface area contributed by atoms with E-state index in [2.05, 4.69) is 216 Å². The van der Waals surface area contributed by atoms with Crippen LogP contribution < -0.4 is 4.90 Å². The van der Waals surface area contributed by atoms with Gasteiger partial charge in [-0.1, -0.05) is 171 Å². The Bertz CT molecular complexity index is 2740. The summed E-state index contributed by atoms with van der Waals surface area (Å²) in [7, 11) is 0. The van der Waals surface area contributed by atoms with Crippen LogP contribution in [0.15, 0.2) is 206 Å².